The summed E-state index contributed by atoms with van der Waals surface area (Å²) in [5.41, 5.74) is -0.479. The third kappa shape index (κ3) is 2.68. The molecule has 0 heterocycles. The second kappa shape index (κ2) is 4.92. The first-order valence-corrected chi connectivity index (χ1v) is 4.44. The van der Waals surface area contributed by atoms with Crippen LogP contribution in [0.1, 0.15) is 11.1 Å². The highest BCUT2D eigenvalue weighted by atomic mass is 19.4. The lowest BCUT2D eigenvalue weighted by Gasteiger charge is -2.13. The zero-order valence-corrected chi connectivity index (χ0v) is 8.84. The number of halogens is 3. The molecule has 0 aromatic heterocycles. The van der Waals surface area contributed by atoms with E-state index in [2.05, 4.69) is 4.74 Å². The molecule has 16 heavy (non-hydrogen) atoms. The molecule has 0 aliphatic heterocycles. The van der Waals surface area contributed by atoms with E-state index in [-0.39, 0.29) is 5.75 Å². The molecule has 0 aliphatic rings. The van der Waals surface area contributed by atoms with Crippen LogP contribution in [0.4, 0.5) is 13.2 Å². The van der Waals surface area contributed by atoms with Crippen molar-refractivity contribution >= 4 is 6.08 Å². The van der Waals surface area contributed by atoms with Gasteiger partial charge in [-0.25, -0.2) is 0 Å². The summed E-state index contributed by atoms with van der Waals surface area (Å²) in [6.45, 7) is 0. The van der Waals surface area contributed by atoms with Crippen LogP contribution in [0.2, 0.25) is 0 Å². The van der Waals surface area contributed by atoms with Crippen molar-refractivity contribution in [3.63, 3.8) is 0 Å². The lowest BCUT2D eigenvalue weighted by molar-refractivity contribution is -0.138. The molecule has 1 aromatic rings. The summed E-state index contributed by atoms with van der Waals surface area (Å²) in [7, 11) is 2.62. The number of alkyl halides is 3. The molecular weight excluding hydrogens is 221 g/mol. The molecular formula is C11H11F3O2. The second-order valence-corrected chi connectivity index (χ2v) is 2.96. The first-order valence-electron chi connectivity index (χ1n) is 4.44. The maximum absolute atomic E-state index is 12.6. The maximum atomic E-state index is 12.6. The number of methoxy groups -OCH3 is 2. The van der Waals surface area contributed by atoms with Gasteiger partial charge in [0.15, 0.2) is 0 Å². The van der Waals surface area contributed by atoms with E-state index >= 15 is 0 Å². The fourth-order valence-corrected chi connectivity index (χ4v) is 1.28. The van der Waals surface area contributed by atoms with Gasteiger partial charge in [0.1, 0.15) is 5.75 Å². The normalized spacial score (nSPS) is 11.8. The van der Waals surface area contributed by atoms with E-state index in [1.54, 1.807) is 0 Å². The van der Waals surface area contributed by atoms with Crippen LogP contribution < -0.4 is 4.74 Å². The summed E-state index contributed by atoms with van der Waals surface area (Å²) in [5, 5.41) is 0. The van der Waals surface area contributed by atoms with E-state index in [9.17, 15) is 13.2 Å². The van der Waals surface area contributed by atoms with Crippen LogP contribution in [0, 0.1) is 0 Å². The van der Waals surface area contributed by atoms with Gasteiger partial charge in [0.25, 0.3) is 0 Å². The Balaban J connectivity index is 3.26. The Bertz CT molecular complexity index is 383. The van der Waals surface area contributed by atoms with E-state index in [0.29, 0.717) is 5.56 Å². The van der Waals surface area contributed by atoms with Crippen molar-refractivity contribution in [3.05, 3.63) is 35.6 Å². The Hall–Kier alpha value is -1.65. The highest BCUT2D eigenvalue weighted by Gasteiger charge is 2.34. The highest BCUT2D eigenvalue weighted by molar-refractivity contribution is 5.60. The molecule has 0 saturated carbocycles. The van der Waals surface area contributed by atoms with Crippen LogP contribution >= 0.6 is 0 Å². The number of ether oxygens (including phenoxy) is 2. The number of rotatable bonds is 3. The van der Waals surface area contributed by atoms with Crippen molar-refractivity contribution in [2.24, 2.45) is 0 Å². The standard InChI is InChI=1S/C11H11F3O2/c1-15-7-6-8-4-3-5-9(10(8)16-2)11(12,13)14/h3-7H,1-2H3. The third-order valence-electron chi connectivity index (χ3n) is 1.94. The number of para-hydroxylation sites is 1. The average molecular weight is 232 g/mol. The Kier molecular flexibility index (Phi) is 3.82. The average Bonchev–Trinajstić information content (AvgIpc) is 2.24. The van der Waals surface area contributed by atoms with E-state index in [0.717, 1.165) is 6.07 Å². The first-order chi connectivity index (χ1) is 7.50. The molecule has 0 fully saturated rings. The lowest BCUT2D eigenvalue weighted by atomic mass is 10.1. The zero-order chi connectivity index (χ0) is 12.2. The molecule has 0 N–H and O–H groups in total. The molecule has 1 aromatic carbocycles. The van der Waals surface area contributed by atoms with Crippen LogP contribution in [-0.4, -0.2) is 14.2 Å². The fourth-order valence-electron chi connectivity index (χ4n) is 1.28. The van der Waals surface area contributed by atoms with Gasteiger partial charge in [0.05, 0.1) is 26.0 Å². The van der Waals surface area contributed by atoms with Crippen LogP contribution in [-0.2, 0) is 10.9 Å². The van der Waals surface area contributed by atoms with E-state index < -0.39 is 11.7 Å². The monoisotopic (exact) mass is 232 g/mol. The lowest BCUT2D eigenvalue weighted by Crippen LogP contribution is -2.08. The molecule has 0 saturated heterocycles. The summed E-state index contributed by atoms with van der Waals surface area (Å²) < 4.78 is 47.2. The number of benzene rings is 1. The minimum atomic E-state index is -4.43. The molecule has 0 unspecified atom stereocenters. The Morgan fingerprint density at radius 1 is 1.19 bits per heavy atom. The minimum absolute atomic E-state index is 0.205. The zero-order valence-electron chi connectivity index (χ0n) is 8.84. The van der Waals surface area contributed by atoms with Gasteiger partial charge >= 0.3 is 6.18 Å². The molecule has 0 aliphatic carbocycles. The van der Waals surface area contributed by atoms with Crippen molar-refractivity contribution in [1.29, 1.82) is 0 Å². The van der Waals surface area contributed by atoms with Gasteiger partial charge in [0, 0.05) is 5.56 Å². The topological polar surface area (TPSA) is 18.5 Å². The minimum Gasteiger partial charge on any atom is -0.504 e. The highest BCUT2D eigenvalue weighted by Crippen LogP contribution is 2.38. The molecule has 0 radical (unpaired) electrons. The predicted octanol–water partition coefficient (Wildman–Crippen LogP) is 3.33. The molecule has 5 heteroatoms. The Labute approximate surface area is 91.3 Å². The second-order valence-electron chi connectivity index (χ2n) is 2.96. The molecule has 2 nitrogen and oxygen atoms in total. The summed E-state index contributed by atoms with van der Waals surface area (Å²) in [6.07, 6.45) is -1.73. The van der Waals surface area contributed by atoms with E-state index in [4.69, 9.17) is 4.74 Å². The third-order valence-corrected chi connectivity index (χ3v) is 1.94. The maximum Gasteiger partial charge on any atom is 0.419 e. The van der Waals surface area contributed by atoms with Crippen LogP contribution in [0.5, 0.6) is 5.75 Å². The van der Waals surface area contributed by atoms with Gasteiger partial charge in [0.2, 0.25) is 0 Å². The quantitative estimate of drug-likeness (QED) is 0.744. The molecule has 0 spiro atoms. The number of hydrogen-bond acceptors (Lipinski definition) is 2. The van der Waals surface area contributed by atoms with Gasteiger partial charge < -0.3 is 9.47 Å². The number of hydrogen-bond donors (Lipinski definition) is 0. The fraction of sp³-hybridized carbons (Fsp3) is 0.273. The SMILES string of the molecule is COC=Cc1cccc(C(F)(F)F)c1OC. The Morgan fingerprint density at radius 3 is 2.38 bits per heavy atom. The van der Waals surface area contributed by atoms with E-state index in [1.807, 2.05) is 0 Å². The summed E-state index contributed by atoms with van der Waals surface area (Å²) in [5.74, 6) is -0.205. The smallest absolute Gasteiger partial charge is 0.419 e. The molecule has 0 amide bonds. The van der Waals surface area contributed by atoms with Gasteiger partial charge in [-0.3, -0.25) is 0 Å². The largest absolute Gasteiger partial charge is 0.504 e. The predicted molar refractivity (Wildman–Crippen MR) is 54.0 cm³/mol. The van der Waals surface area contributed by atoms with Crippen LogP contribution in [0.15, 0.2) is 24.5 Å². The summed E-state index contributed by atoms with van der Waals surface area (Å²) in [4.78, 5) is 0. The van der Waals surface area contributed by atoms with Crippen LogP contribution in [0.25, 0.3) is 6.08 Å². The van der Waals surface area contributed by atoms with Crippen molar-refractivity contribution < 1.29 is 22.6 Å². The van der Waals surface area contributed by atoms with Crippen LogP contribution in [0.3, 0.4) is 0 Å². The molecule has 0 bridgehead atoms. The van der Waals surface area contributed by atoms with Crippen molar-refractivity contribution in [2.45, 2.75) is 6.18 Å². The first kappa shape index (κ1) is 12.4. The van der Waals surface area contributed by atoms with Gasteiger partial charge in [-0.15, -0.1) is 0 Å². The molecule has 0 atom stereocenters. The summed E-state index contributed by atoms with van der Waals surface area (Å²) in [6, 6.07) is 3.81. The van der Waals surface area contributed by atoms with Crippen molar-refractivity contribution in [2.75, 3.05) is 14.2 Å². The van der Waals surface area contributed by atoms with Gasteiger partial charge in [-0.05, 0) is 12.1 Å². The Morgan fingerprint density at radius 2 is 1.88 bits per heavy atom. The van der Waals surface area contributed by atoms with Gasteiger partial charge in [-0.1, -0.05) is 12.1 Å². The van der Waals surface area contributed by atoms with Crippen molar-refractivity contribution in [3.8, 4) is 5.75 Å². The molecule has 88 valence electrons. The summed E-state index contributed by atoms with van der Waals surface area (Å²) >= 11 is 0. The van der Waals surface area contributed by atoms with E-state index in [1.165, 1.54) is 38.7 Å². The van der Waals surface area contributed by atoms with Crippen molar-refractivity contribution in [1.82, 2.24) is 0 Å². The van der Waals surface area contributed by atoms with Gasteiger partial charge in [-0.2, -0.15) is 13.2 Å². The molecule has 1 rings (SSSR count).